The third-order valence-corrected chi connectivity index (χ3v) is 2.34. The summed E-state index contributed by atoms with van der Waals surface area (Å²) in [5, 5.41) is 0. The molecular weight excluding hydrogens is 293 g/mol. The van der Waals surface area contributed by atoms with Crippen LogP contribution in [0.1, 0.15) is 10.4 Å². The molecule has 0 amide bonds. The summed E-state index contributed by atoms with van der Waals surface area (Å²) < 4.78 is 1.80. The Morgan fingerprint density at radius 1 is 1.50 bits per heavy atom. The molecule has 2 rings (SSSR count). The van der Waals surface area contributed by atoms with Crippen LogP contribution in [-0.4, -0.2) is 19.0 Å². The number of nitrogens with zero attached hydrogens (tertiary/aromatic N) is 3. The zero-order chi connectivity index (χ0) is 9.97. The second-order valence-electron chi connectivity index (χ2n) is 2.68. The van der Waals surface area contributed by atoms with Gasteiger partial charge in [0.15, 0.2) is 6.29 Å². The molecule has 0 fully saturated rings. The van der Waals surface area contributed by atoms with Crippen molar-refractivity contribution in [2.24, 2.45) is 0 Å². The van der Waals surface area contributed by atoms with Crippen LogP contribution in [0, 0.1) is 0 Å². The second kappa shape index (κ2) is 3.87. The quantitative estimate of drug-likeness (QED) is 0.629. The second-order valence-corrected chi connectivity index (χ2v) is 3.80. The molecule has 0 atom stereocenters. The average molecular weight is 299 g/mol. The molecule has 4 nitrogen and oxygen atoms in total. The lowest BCUT2D eigenvalue weighted by Gasteiger charge is -1.98. The van der Waals surface area contributed by atoms with Gasteiger partial charge in [-0.2, -0.15) is 0 Å². The van der Waals surface area contributed by atoms with Gasteiger partial charge in [0.05, 0.1) is 28.6 Å². The summed E-state index contributed by atoms with van der Waals surface area (Å²) in [5.41, 5.74) is 2.13. The summed E-state index contributed by atoms with van der Waals surface area (Å²) in [6, 6.07) is 1.68. The number of carbonyl (C=O) groups excluding carboxylic acids is 1. The Bertz CT molecular complexity index is 467. The van der Waals surface area contributed by atoms with Crippen LogP contribution in [0.25, 0.3) is 11.3 Å². The van der Waals surface area contributed by atoms with Crippen LogP contribution in [0.4, 0.5) is 0 Å². The molecule has 2 heterocycles. The molecule has 0 saturated carbocycles. The fourth-order valence-corrected chi connectivity index (χ4v) is 1.55. The molecule has 0 bridgehead atoms. The van der Waals surface area contributed by atoms with E-state index in [0.29, 0.717) is 5.56 Å². The largest absolute Gasteiger partial charge is 0.298 e. The Balaban J connectivity index is 2.55. The van der Waals surface area contributed by atoms with E-state index in [1.54, 1.807) is 27.6 Å². The molecule has 0 saturated heterocycles. The molecule has 0 spiro atoms. The number of halogens is 1. The van der Waals surface area contributed by atoms with Crippen molar-refractivity contribution in [2.75, 3.05) is 0 Å². The molecule has 2 aromatic rings. The van der Waals surface area contributed by atoms with E-state index in [0.717, 1.165) is 17.5 Å². The Morgan fingerprint density at radius 2 is 2.36 bits per heavy atom. The van der Waals surface area contributed by atoms with Crippen molar-refractivity contribution in [1.82, 2.24) is 12.7 Å². The molecule has 0 radical (unpaired) electrons. The van der Waals surface area contributed by atoms with Gasteiger partial charge in [-0.05, 0) is 6.07 Å². The molecule has 0 aliphatic carbocycles. The maximum atomic E-state index is 10.7. The third-order valence-electron chi connectivity index (χ3n) is 1.81. The zero-order valence-corrected chi connectivity index (χ0v) is 9.25. The summed E-state index contributed by atoms with van der Waals surface area (Å²) in [7, 11) is 0. The fraction of sp³-hybridized carbons (Fsp3) is 0. The lowest BCUT2D eigenvalue weighted by Crippen LogP contribution is -1.88. The summed E-state index contributed by atoms with van der Waals surface area (Å²) in [4.78, 5) is 18.9. The Hall–Kier alpha value is -1.24. The van der Waals surface area contributed by atoms with Gasteiger partial charge in [0.1, 0.15) is 6.33 Å². The van der Waals surface area contributed by atoms with Crippen LogP contribution in [0.2, 0.25) is 0 Å². The lowest BCUT2D eigenvalue weighted by atomic mass is 10.1. The molecule has 14 heavy (non-hydrogen) atoms. The van der Waals surface area contributed by atoms with E-state index >= 15 is 0 Å². The number of imidazole rings is 1. The lowest BCUT2D eigenvalue weighted by molar-refractivity contribution is 0.112. The third kappa shape index (κ3) is 1.67. The molecule has 2 aromatic heterocycles. The van der Waals surface area contributed by atoms with Crippen molar-refractivity contribution >= 4 is 29.2 Å². The highest BCUT2D eigenvalue weighted by Crippen LogP contribution is 2.19. The highest BCUT2D eigenvalue weighted by molar-refractivity contribution is 14.1. The molecule has 0 aliphatic rings. The van der Waals surface area contributed by atoms with Gasteiger partial charge in [-0.1, -0.05) is 0 Å². The summed E-state index contributed by atoms with van der Waals surface area (Å²) in [6.07, 6.45) is 7.56. The van der Waals surface area contributed by atoms with Gasteiger partial charge >= 0.3 is 0 Å². The van der Waals surface area contributed by atoms with Crippen LogP contribution in [0.5, 0.6) is 0 Å². The van der Waals surface area contributed by atoms with E-state index in [-0.39, 0.29) is 0 Å². The minimum atomic E-state index is 0.607. The first kappa shape index (κ1) is 9.32. The van der Waals surface area contributed by atoms with Gasteiger partial charge < -0.3 is 0 Å². The zero-order valence-electron chi connectivity index (χ0n) is 7.09. The predicted octanol–water partition coefficient (Wildman–Crippen LogP) is 1.96. The maximum absolute atomic E-state index is 10.7. The monoisotopic (exact) mass is 299 g/mol. The molecular formula is C9H6IN3O. The van der Waals surface area contributed by atoms with E-state index in [4.69, 9.17) is 0 Å². The minimum absolute atomic E-state index is 0.607. The molecule has 0 unspecified atom stereocenters. The van der Waals surface area contributed by atoms with E-state index in [9.17, 15) is 4.79 Å². The van der Waals surface area contributed by atoms with Gasteiger partial charge in [-0.3, -0.25) is 12.6 Å². The van der Waals surface area contributed by atoms with Gasteiger partial charge in [0, 0.05) is 29.7 Å². The molecule has 5 heteroatoms. The van der Waals surface area contributed by atoms with Gasteiger partial charge in [-0.25, -0.2) is 4.98 Å². The SMILES string of the molecule is O=Cc1ccncc1-c1cn(I)cn1. The number of rotatable bonds is 2. The Morgan fingerprint density at radius 3 is 3.00 bits per heavy atom. The number of hydrogen-bond acceptors (Lipinski definition) is 3. The van der Waals surface area contributed by atoms with E-state index in [2.05, 4.69) is 32.8 Å². The summed E-state index contributed by atoms with van der Waals surface area (Å²) >= 11 is 2.10. The van der Waals surface area contributed by atoms with Crippen molar-refractivity contribution in [3.8, 4) is 11.3 Å². The van der Waals surface area contributed by atoms with Crippen molar-refractivity contribution in [2.45, 2.75) is 0 Å². The van der Waals surface area contributed by atoms with Crippen LogP contribution >= 0.6 is 22.9 Å². The molecule has 0 N–H and O–H groups in total. The molecule has 70 valence electrons. The minimum Gasteiger partial charge on any atom is -0.298 e. The smallest absolute Gasteiger partial charge is 0.150 e. The van der Waals surface area contributed by atoms with Gasteiger partial charge in [0.25, 0.3) is 0 Å². The van der Waals surface area contributed by atoms with Crippen molar-refractivity contribution in [3.05, 3.63) is 36.5 Å². The Kier molecular flexibility index (Phi) is 2.58. The number of aromatic nitrogens is 3. The predicted molar refractivity (Wildman–Crippen MR) is 60.3 cm³/mol. The topological polar surface area (TPSA) is 47.8 Å². The highest BCUT2D eigenvalue weighted by atomic mass is 127. The number of carbonyl (C=O) groups is 1. The van der Waals surface area contributed by atoms with Crippen molar-refractivity contribution < 1.29 is 4.79 Å². The first-order valence-electron chi connectivity index (χ1n) is 3.91. The van der Waals surface area contributed by atoms with Crippen molar-refractivity contribution in [3.63, 3.8) is 0 Å². The van der Waals surface area contributed by atoms with E-state index < -0.39 is 0 Å². The Labute approximate surface area is 94.5 Å². The molecule has 0 aliphatic heterocycles. The molecule has 0 aromatic carbocycles. The van der Waals surface area contributed by atoms with Crippen LogP contribution in [0.15, 0.2) is 31.0 Å². The van der Waals surface area contributed by atoms with Crippen LogP contribution in [0.3, 0.4) is 0 Å². The standard InChI is InChI=1S/C9H6IN3O/c10-13-4-9(12-6-13)8-3-11-2-1-7(8)5-14/h1-6H. The van der Waals surface area contributed by atoms with Gasteiger partial charge in [0.2, 0.25) is 0 Å². The maximum Gasteiger partial charge on any atom is 0.150 e. The summed E-state index contributed by atoms with van der Waals surface area (Å²) in [6.45, 7) is 0. The fourth-order valence-electron chi connectivity index (χ4n) is 1.16. The normalized spacial score (nSPS) is 10.1. The number of pyridine rings is 1. The van der Waals surface area contributed by atoms with Crippen LogP contribution in [-0.2, 0) is 0 Å². The first-order valence-corrected chi connectivity index (χ1v) is 4.87. The number of hydrogen-bond donors (Lipinski definition) is 0. The van der Waals surface area contributed by atoms with Crippen molar-refractivity contribution in [1.29, 1.82) is 0 Å². The van der Waals surface area contributed by atoms with Gasteiger partial charge in [-0.15, -0.1) is 0 Å². The average Bonchev–Trinajstić information content (AvgIpc) is 2.65. The van der Waals surface area contributed by atoms with Crippen LogP contribution < -0.4 is 0 Å². The summed E-state index contributed by atoms with van der Waals surface area (Å²) in [5.74, 6) is 0. The van der Waals surface area contributed by atoms with E-state index in [1.807, 2.05) is 6.20 Å². The first-order chi connectivity index (χ1) is 6.81. The number of aldehydes is 1. The van der Waals surface area contributed by atoms with E-state index in [1.165, 1.54) is 0 Å². The highest BCUT2D eigenvalue weighted by Gasteiger charge is 2.06.